The predicted molar refractivity (Wildman–Crippen MR) is 85.8 cm³/mol. The van der Waals surface area contributed by atoms with E-state index < -0.39 is 0 Å². The van der Waals surface area contributed by atoms with Gasteiger partial charge < -0.3 is 9.80 Å². The molecule has 0 unspecified atom stereocenters. The molecule has 0 aromatic heterocycles. The number of amides is 2. The summed E-state index contributed by atoms with van der Waals surface area (Å²) in [5, 5.41) is 0. The quantitative estimate of drug-likeness (QED) is 0.854. The highest BCUT2D eigenvalue weighted by Crippen LogP contribution is 2.17. The molecule has 1 fully saturated rings. The van der Waals surface area contributed by atoms with Gasteiger partial charge in [-0.2, -0.15) is 0 Å². The summed E-state index contributed by atoms with van der Waals surface area (Å²) in [4.78, 5) is 28.3. The lowest BCUT2D eigenvalue weighted by molar-refractivity contribution is -0.118. The molecule has 2 amide bonds. The van der Waals surface area contributed by atoms with Crippen LogP contribution in [0.25, 0.3) is 0 Å². The lowest BCUT2D eigenvalue weighted by Gasteiger charge is -2.22. The minimum absolute atomic E-state index is 0.0108. The highest BCUT2D eigenvalue weighted by atomic mass is 16.2. The van der Waals surface area contributed by atoms with E-state index in [1.165, 1.54) is 0 Å². The van der Waals surface area contributed by atoms with Gasteiger partial charge in [-0.05, 0) is 24.3 Å². The van der Waals surface area contributed by atoms with E-state index in [-0.39, 0.29) is 11.8 Å². The van der Waals surface area contributed by atoms with Gasteiger partial charge in [0.15, 0.2) is 0 Å². The minimum Gasteiger partial charge on any atom is -0.336 e. The number of para-hydroxylation sites is 1. The molecule has 112 valence electrons. The number of carbonyl (C=O) groups is 2. The molecule has 1 aliphatic heterocycles. The van der Waals surface area contributed by atoms with Crippen LogP contribution in [0, 0.1) is 0 Å². The van der Waals surface area contributed by atoms with Crippen LogP contribution in [0.2, 0.25) is 0 Å². The topological polar surface area (TPSA) is 40.6 Å². The smallest absolute Gasteiger partial charge is 0.253 e. The molecular weight excluding hydrogens is 276 g/mol. The highest BCUT2D eigenvalue weighted by Gasteiger charge is 2.25. The Morgan fingerprint density at radius 1 is 0.818 bits per heavy atom. The zero-order chi connectivity index (χ0) is 15.4. The Kier molecular flexibility index (Phi) is 4.19. The van der Waals surface area contributed by atoms with E-state index >= 15 is 0 Å². The molecule has 0 spiro atoms. The fraction of sp³-hybridized carbons (Fsp3) is 0.222. The Hall–Kier alpha value is -2.62. The first-order chi connectivity index (χ1) is 10.8. The molecule has 0 aliphatic carbocycles. The normalized spacial score (nSPS) is 15.5. The first kappa shape index (κ1) is 14.3. The maximum Gasteiger partial charge on any atom is 0.253 e. The second-order valence-electron chi connectivity index (χ2n) is 5.29. The van der Waals surface area contributed by atoms with Crippen molar-refractivity contribution in [2.24, 2.45) is 0 Å². The highest BCUT2D eigenvalue weighted by molar-refractivity contribution is 5.97. The second kappa shape index (κ2) is 6.43. The van der Waals surface area contributed by atoms with Crippen molar-refractivity contribution in [3.63, 3.8) is 0 Å². The van der Waals surface area contributed by atoms with Crippen LogP contribution in [0.3, 0.4) is 0 Å². The van der Waals surface area contributed by atoms with Crippen LogP contribution < -0.4 is 4.90 Å². The number of anilines is 1. The number of hydrogen-bond acceptors (Lipinski definition) is 2. The van der Waals surface area contributed by atoms with E-state index in [2.05, 4.69) is 0 Å². The third kappa shape index (κ3) is 3.01. The van der Waals surface area contributed by atoms with Gasteiger partial charge in [-0.3, -0.25) is 9.59 Å². The van der Waals surface area contributed by atoms with Crippen molar-refractivity contribution < 1.29 is 9.59 Å². The molecule has 1 heterocycles. The van der Waals surface area contributed by atoms with Crippen LogP contribution in [-0.4, -0.2) is 36.3 Å². The third-order valence-electron chi connectivity index (χ3n) is 3.87. The number of carbonyl (C=O) groups excluding carboxylic acids is 2. The van der Waals surface area contributed by atoms with Crippen molar-refractivity contribution in [1.29, 1.82) is 0 Å². The van der Waals surface area contributed by atoms with Crippen molar-refractivity contribution in [3.05, 3.63) is 66.2 Å². The fourth-order valence-corrected chi connectivity index (χ4v) is 2.67. The predicted octanol–water partition coefficient (Wildman–Crippen LogP) is 2.57. The van der Waals surface area contributed by atoms with Gasteiger partial charge in [-0.25, -0.2) is 0 Å². The van der Waals surface area contributed by atoms with Crippen LogP contribution in [0.4, 0.5) is 5.69 Å². The average molecular weight is 294 g/mol. The van der Waals surface area contributed by atoms with Gasteiger partial charge >= 0.3 is 0 Å². The maximum absolute atomic E-state index is 12.5. The Morgan fingerprint density at radius 2 is 1.45 bits per heavy atom. The molecule has 1 saturated heterocycles. The molecule has 3 rings (SSSR count). The van der Waals surface area contributed by atoms with E-state index in [0.717, 1.165) is 5.69 Å². The monoisotopic (exact) mass is 294 g/mol. The van der Waals surface area contributed by atoms with E-state index in [0.29, 0.717) is 31.6 Å². The number of benzene rings is 2. The molecule has 0 radical (unpaired) electrons. The number of rotatable bonds is 2. The van der Waals surface area contributed by atoms with Gasteiger partial charge in [0.2, 0.25) is 5.91 Å². The molecule has 4 nitrogen and oxygen atoms in total. The van der Waals surface area contributed by atoms with Gasteiger partial charge in [0.25, 0.3) is 5.91 Å². The summed E-state index contributed by atoms with van der Waals surface area (Å²) in [5.74, 6) is 0.0536. The molecule has 2 aromatic carbocycles. The summed E-state index contributed by atoms with van der Waals surface area (Å²) in [6, 6.07) is 18.8. The van der Waals surface area contributed by atoms with Gasteiger partial charge in [0.05, 0.1) is 0 Å². The van der Waals surface area contributed by atoms with Crippen molar-refractivity contribution in [2.75, 3.05) is 24.5 Å². The van der Waals surface area contributed by atoms with Crippen molar-refractivity contribution in [2.45, 2.75) is 6.42 Å². The first-order valence-corrected chi connectivity index (χ1v) is 7.45. The minimum atomic E-state index is -0.0108. The van der Waals surface area contributed by atoms with E-state index in [9.17, 15) is 9.59 Å². The van der Waals surface area contributed by atoms with E-state index in [4.69, 9.17) is 0 Å². The summed E-state index contributed by atoms with van der Waals surface area (Å²) < 4.78 is 0. The molecule has 4 heteroatoms. The maximum atomic E-state index is 12.5. The molecule has 22 heavy (non-hydrogen) atoms. The van der Waals surface area contributed by atoms with Crippen LogP contribution in [0.1, 0.15) is 16.8 Å². The standard InChI is InChI=1S/C18H18N2O2/c21-17-11-12-19(18(22)15-7-3-1-4-8-15)13-14-20(17)16-9-5-2-6-10-16/h1-10H,11-14H2. The lowest BCUT2D eigenvalue weighted by atomic mass is 10.2. The van der Waals surface area contributed by atoms with Gasteiger partial charge in [0.1, 0.15) is 0 Å². The largest absolute Gasteiger partial charge is 0.336 e. The Labute approximate surface area is 130 Å². The molecule has 0 bridgehead atoms. The zero-order valence-corrected chi connectivity index (χ0v) is 12.3. The van der Waals surface area contributed by atoms with Crippen LogP contribution in [-0.2, 0) is 4.79 Å². The molecule has 2 aromatic rings. The van der Waals surface area contributed by atoms with Crippen molar-refractivity contribution in [1.82, 2.24) is 4.90 Å². The first-order valence-electron chi connectivity index (χ1n) is 7.45. The fourth-order valence-electron chi connectivity index (χ4n) is 2.67. The summed E-state index contributed by atoms with van der Waals surface area (Å²) in [6.45, 7) is 1.55. The lowest BCUT2D eigenvalue weighted by Crippen LogP contribution is -2.35. The SMILES string of the molecule is O=C(c1ccccc1)N1CCC(=O)N(c2ccccc2)CC1. The Morgan fingerprint density at radius 3 is 2.14 bits per heavy atom. The molecular formula is C18H18N2O2. The van der Waals surface area contributed by atoms with Gasteiger partial charge in [0, 0.05) is 37.3 Å². The molecule has 0 atom stereocenters. The van der Waals surface area contributed by atoms with Crippen LogP contribution >= 0.6 is 0 Å². The molecule has 1 aliphatic rings. The molecule has 0 N–H and O–H groups in total. The van der Waals surface area contributed by atoms with Crippen LogP contribution in [0.15, 0.2) is 60.7 Å². The summed E-state index contributed by atoms with van der Waals surface area (Å²) in [6.07, 6.45) is 0.355. The van der Waals surface area contributed by atoms with Crippen LogP contribution in [0.5, 0.6) is 0 Å². The van der Waals surface area contributed by atoms with Crippen molar-refractivity contribution >= 4 is 17.5 Å². The van der Waals surface area contributed by atoms with E-state index in [1.54, 1.807) is 9.80 Å². The van der Waals surface area contributed by atoms with Gasteiger partial charge in [-0.15, -0.1) is 0 Å². The van der Waals surface area contributed by atoms with Gasteiger partial charge in [-0.1, -0.05) is 36.4 Å². The number of nitrogens with zero attached hydrogens (tertiary/aromatic N) is 2. The summed E-state index contributed by atoms with van der Waals surface area (Å²) in [5.41, 5.74) is 1.56. The summed E-state index contributed by atoms with van der Waals surface area (Å²) >= 11 is 0. The second-order valence-corrected chi connectivity index (χ2v) is 5.29. The third-order valence-corrected chi connectivity index (χ3v) is 3.87. The van der Waals surface area contributed by atoms with E-state index in [1.807, 2.05) is 60.7 Å². The van der Waals surface area contributed by atoms with Crippen molar-refractivity contribution in [3.8, 4) is 0 Å². The number of hydrogen-bond donors (Lipinski definition) is 0. The Balaban J connectivity index is 1.74. The summed E-state index contributed by atoms with van der Waals surface area (Å²) in [7, 11) is 0. The Bertz CT molecular complexity index is 655. The zero-order valence-electron chi connectivity index (χ0n) is 12.3. The average Bonchev–Trinajstić information content (AvgIpc) is 2.78. The molecule has 0 saturated carbocycles.